The van der Waals surface area contributed by atoms with Gasteiger partial charge < -0.3 is 10.3 Å². The van der Waals surface area contributed by atoms with Gasteiger partial charge in [0.2, 0.25) is 0 Å². The van der Waals surface area contributed by atoms with Gasteiger partial charge in [0.05, 0.1) is 5.69 Å². The number of H-pyrrole nitrogens is 1. The molecule has 0 radical (unpaired) electrons. The number of nitrogens with zero attached hydrogens (tertiary/aromatic N) is 1. The van der Waals surface area contributed by atoms with Crippen LogP contribution in [0.2, 0.25) is 0 Å². The topological polar surface area (TPSA) is 40.7 Å². The number of hydrogen-bond acceptors (Lipinski definition) is 2. The third-order valence-corrected chi connectivity index (χ3v) is 4.39. The number of nitrogens with one attached hydrogen (secondary N) is 2. The average molecular weight is 233 g/mol. The Labute approximate surface area is 103 Å². The molecule has 2 N–H and O–H groups in total. The number of rotatable bonds is 3. The van der Waals surface area contributed by atoms with E-state index in [2.05, 4.69) is 17.2 Å². The fourth-order valence-corrected chi connectivity index (χ4v) is 3.27. The van der Waals surface area contributed by atoms with E-state index < -0.39 is 0 Å². The van der Waals surface area contributed by atoms with Gasteiger partial charge in [-0.3, -0.25) is 0 Å². The smallest absolute Gasteiger partial charge is 0.109 e. The summed E-state index contributed by atoms with van der Waals surface area (Å²) in [7, 11) is 0. The fraction of sp³-hybridized carbons (Fsp3) is 0.786. The van der Waals surface area contributed by atoms with E-state index in [1.807, 2.05) is 0 Å². The zero-order valence-electron chi connectivity index (χ0n) is 10.8. The molecule has 1 aromatic rings. The van der Waals surface area contributed by atoms with E-state index in [1.165, 1.54) is 62.4 Å². The summed E-state index contributed by atoms with van der Waals surface area (Å²) in [5, 5.41) is 3.44. The van der Waals surface area contributed by atoms with E-state index in [9.17, 15) is 0 Å². The summed E-state index contributed by atoms with van der Waals surface area (Å²) >= 11 is 0. The normalized spacial score (nSPS) is 25.8. The number of aromatic nitrogens is 2. The molecule has 1 saturated heterocycles. The molecule has 1 saturated carbocycles. The van der Waals surface area contributed by atoms with Gasteiger partial charge in [-0.05, 0) is 51.6 Å². The lowest BCUT2D eigenvalue weighted by Gasteiger charge is -2.06. The predicted octanol–water partition coefficient (Wildman–Crippen LogP) is 2.53. The largest absolute Gasteiger partial charge is 0.346 e. The van der Waals surface area contributed by atoms with Crippen LogP contribution in [0.5, 0.6) is 0 Å². The molecule has 17 heavy (non-hydrogen) atoms. The van der Waals surface area contributed by atoms with Crippen LogP contribution in [0.15, 0.2) is 0 Å². The van der Waals surface area contributed by atoms with Gasteiger partial charge in [-0.15, -0.1) is 0 Å². The highest BCUT2D eigenvalue weighted by Crippen LogP contribution is 2.33. The number of imidazole rings is 1. The summed E-state index contributed by atoms with van der Waals surface area (Å²) in [5.41, 5.74) is 2.62. The average Bonchev–Trinajstić information content (AvgIpc) is 3.02. The first-order valence-corrected chi connectivity index (χ1v) is 7.09. The number of aromatic amines is 1. The Bertz CT molecular complexity index is 371. The third-order valence-electron chi connectivity index (χ3n) is 4.39. The summed E-state index contributed by atoms with van der Waals surface area (Å²) in [4.78, 5) is 8.40. The molecular weight excluding hydrogens is 210 g/mol. The van der Waals surface area contributed by atoms with Crippen molar-refractivity contribution in [3.05, 3.63) is 17.2 Å². The highest BCUT2D eigenvalue weighted by molar-refractivity contribution is 5.17. The van der Waals surface area contributed by atoms with Crippen molar-refractivity contribution in [3.63, 3.8) is 0 Å². The van der Waals surface area contributed by atoms with Crippen LogP contribution < -0.4 is 5.32 Å². The minimum absolute atomic E-state index is 0.712. The molecule has 1 atom stereocenters. The lowest BCUT2D eigenvalue weighted by Crippen LogP contribution is -2.11. The van der Waals surface area contributed by atoms with Gasteiger partial charge in [0.1, 0.15) is 5.82 Å². The molecule has 0 amide bonds. The quantitative estimate of drug-likeness (QED) is 0.842. The Morgan fingerprint density at radius 2 is 2.06 bits per heavy atom. The van der Waals surface area contributed by atoms with Crippen LogP contribution in [0.3, 0.4) is 0 Å². The van der Waals surface area contributed by atoms with Gasteiger partial charge in [0, 0.05) is 11.6 Å². The van der Waals surface area contributed by atoms with Crippen molar-refractivity contribution in [3.8, 4) is 0 Å². The van der Waals surface area contributed by atoms with E-state index >= 15 is 0 Å². The van der Waals surface area contributed by atoms with E-state index in [-0.39, 0.29) is 0 Å². The van der Waals surface area contributed by atoms with Crippen molar-refractivity contribution in [2.75, 3.05) is 13.1 Å². The van der Waals surface area contributed by atoms with Crippen molar-refractivity contribution in [1.29, 1.82) is 0 Å². The zero-order valence-corrected chi connectivity index (χ0v) is 10.8. The molecule has 0 aromatic carbocycles. The van der Waals surface area contributed by atoms with Gasteiger partial charge in [-0.25, -0.2) is 4.98 Å². The van der Waals surface area contributed by atoms with E-state index in [0.29, 0.717) is 5.92 Å². The molecular formula is C14H23N3. The Morgan fingerprint density at radius 3 is 2.76 bits per heavy atom. The summed E-state index contributed by atoms with van der Waals surface area (Å²) in [6.07, 6.45) is 7.89. The molecule has 94 valence electrons. The molecule has 1 aliphatic heterocycles. The first-order valence-electron chi connectivity index (χ1n) is 7.09. The SMILES string of the molecule is Cc1[nH]c(C2CCCC2)nc1CC1CCNC1. The van der Waals surface area contributed by atoms with Crippen molar-refractivity contribution in [2.45, 2.75) is 51.4 Å². The van der Waals surface area contributed by atoms with E-state index in [4.69, 9.17) is 4.98 Å². The highest BCUT2D eigenvalue weighted by atomic mass is 15.0. The Kier molecular flexibility index (Phi) is 3.19. The Morgan fingerprint density at radius 1 is 1.24 bits per heavy atom. The molecule has 1 aromatic heterocycles. The van der Waals surface area contributed by atoms with Crippen LogP contribution in [0.25, 0.3) is 0 Å². The predicted molar refractivity (Wildman–Crippen MR) is 69.2 cm³/mol. The Balaban J connectivity index is 1.71. The second-order valence-corrected chi connectivity index (χ2v) is 5.74. The number of aryl methyl sites for hydroxylation is 1. The molecule has 0 bridgehead atoms. The van der Waals surface area contributed by atoms with Crippen molar-refractivity contribution in [1.82, 2.24) is 15.3 Å². The van der Waals surface area contributed by atoms with Gasteiger partial charge >= 0.3 is 0 Å². The van der Waals surface area contributed by atoms with Crippen LogP contribution in [0.4, 0.5) is 0 Å². The molecule has 1 unspecified atom stereocenters. The molecule has 0 spiro atoms. The van der Waals surface area contributed by atoms with Crippen molar-refractivity contribution in [2.24, 2.45) is 5.92 Å². The highest BCUT2D eigenvalue weighted by Gasteiger charge is 2.23. The third kappa shape index (κ3) is 2.39. The van der Waals surface area contributed by atoms with Crippen LogP contribution in [0, 0.1) is 12.8 Å². The summed E-state index contributed by atoms with van der Waals surface area (Å²) < 4.78 is 0. The van der Waals surface area contributed by atoms with Gasteiger partial charge in [0.25, 0.3) is 0 Å². The maximum absolute atomic E-state index is 4.87. The lowest BCUT2D eigenvalue weighted by molar-refractivity contribution is 0.569. The van der Waals surface area contributed by atoms with Crippen LogP contribution in [-0.2, 0) is 6.42 Å². The minimum Gasteiger partial charge on any atom is -0.346 e. The van der Waals surface area contributed by atoms with E-state index in [0.717, 1.165) is 12.3 Å². The van der Waals surface area contributed by atoms with E-state index in [1.54, 1.807) is 0 Å². The lowest BCUT2D eigenvalue weighted by atomic mass is 10.0. The van der Waals surface area contributed by atoms with Crippen LogP contribution >= 0.6 is 0 Å². The molecule has 2 heterocycles. The van der Waals surface area contributed by atoms with Crippen molar-refractivity contribution >= 4 is 0 Å². The molecule has 2 fully saturated rings. The van der Waals surface area contributed by atoms with Gasteiger partial charge in [-0.1, -0.05) is 12.8 Å². The van der Waals surface area contributed by atoms with Gasteiger partial charge in [0.15, 0.2) is 0 Å². The first-order chi connectivity index (χ1) is 8.33. The maximum Gasteiger partial charge on any atom is 0.109 e. The zero-order chi connectivity index (χ0) is 11.7. The minimum atomic E-state index is 0.712. The number of hydrogen-bond donors (Lipinski definition) is 2. The van der Waals surface area contributed by atoms with Crippen molar-refractivity contribution < 1.29 is 0 Å². The summed E-state index contributed by atoms with van der Waals surface area (Å²) in [6.45, 7) is 4.54. The second-order valence-electron chi connectivity index (χ2n) is 5.74. The molecule has 2 aliphatic rings. The van der Waals surface area contributed by atoms with Gasteiger partial charge in [-0.2, -0.15) is 0 Å². The Hall–Kier alpha value is -0.830. The second kappa shape index (κ2) is 4.81. The van der Waals surface area contributed by atoms with Crippen LogP contribution in [-0.4, -0.2) is 23.1 Å². The monoisotopic (exact) mass is 233 g/mol. The van der Waals surface area contributed by atoms with Crippen LogP contribution in [0.1, 0.15) is 55.2 Å². The standard InChI is InChI=1S/C14H23N3/c1-10-13(8-11-6-7-15-9-11)17-14(16-10)12-4-2-3-5-12/h11-12,15H,2-9H2,1H3,(H,16,17). The first kappa shape index (κ1) is 11.3. The molecule has 1 aliphatic carbocycles. The molecule has 3 rings (SSSR count). The molecule has 3 heteroatoms. The fourth-order valence-electron chi connectivity index (χ4n) is 3.27. The summed E-state index contributed by atoms with van der Waals surface area (Å²) in [6, 6.07) is 0. The summed E-state index contributed by atoms with van der Waals surface area (Å²) in [5.74, 6) is 2.78. The maximum atomic E-state index is 4.87. The molecule has 3 nitrogen and oxygen atoms in total.